The molecular weight excluding hydrogens is 318 g/mol. The summed E-state index contributed by atoms with van der Waals surface area (Å²) in [5.41, 5.74) is 7.14. The van der Waals surface area contributed by atoms with Crippen LogP contribution in [-0.2, 0) is 4.74 Å². The first kappa shape index (κ1) is 19.4. The summed E-state index contributed by atoms with van der Waals surface area (Å²) in [5, 5.41) is 3.16. The third kappa shape index (κ3) is 5.53. The Kier molecular flexibility index (Phi) is 7.37. The maximum Gasteiger partial charge on any atom is 0.193 e. The molecule has 0 heterocycles. The Bertz CT molecular complexity index is 571. The molecule has 2 rings (SSSR count). The van der Waals surface area contributed by atoms with Crippen molar-refractivity contribution in [3.05, 3.63) is 18.2 Å². The minimum absolute atomic E-state index is 0.248. The van der Waals surface area contributed by atoms with E-state index in [0.717, 1.165) is 36.8 Å². The molecule has 0 amide bonds. The van der Waals surface area contributed by atoms with E-state index in [-0.39, 0.29) is 5.41 Å². The van der Waals surface area contributed by atoms with Crippen LogP contribution in [0, 0.1) is 5.41 Å². The van der Waals surface area contributed by atoms with Crippen molar-refractivity contribution in [3.63, 3.8) is 0 Å². The normalized spacial score (nSPS) is 16.2. The van der Waals surface area contributed by atoms with Gasteiger partial charge >= 0.3 is 0 Å². The highest BCUT2D eigenvalue weighted by atomic mass is 16.5. The van der Waals surface area contributed by atoms with Gasteiger partial charge in [-0.05, 0) is 50.7 Å². The van der Waals surface area contributed by atoms with Gasteiger partial charge in [0.1, 0.15) is 11.5 Å². The van der Waals surface area contributed by atoms with Gasteiger partial charge in [0, 0.05) is 26.3 Å². The number of hydrogen-bond donors (Lipinski definition) is 2. The monoisotopic (exact) mass is 349 g/mol. The predicted octanol–water partition coefficient (Wildman–Crippen LogP) is 3.42. The summed E-state index contributed by atoms with van der Waals surface area (Å²) in [6.07, 6.45) is 4.68. The Morgan fingerprint density at radius 1 is 1.24 bits per heavy atom. The molecule has 0 saturated heterocycles. The number of aliphatic imine (C=N–C) groups is 1. The molecule has 25 heavy (non-hydrogen) atoms. The number of nitrogens with one attached hydrogen (secondary N) is 1. The lowest BCUT2D eigenvalue weighted by atomic mass is 9.67. The fourth-order valence-corrected chi connectivity index (χ4v) is 3.06. The zero-order valence-corrected chi connectivity index (χ0v) is 15.6. The maximum atomic E-state index is 6.12. The van der Waals surface area contributed by atoms with Gasteiger partial charge in [-0.25, -0.2) is 0 Å². The lowest BCUT2D eigenvalue weighted by molar-refractivity contribution is 0.0780. The number of ether oxygens (including phenoxy) is 3. The van der Waals surface area contributed by atoms with Crippen LogP contribution in [0.15, 0.2) is 23.2 Å². The molecule has 3 N–H and O–H groups in total. The minimum Gasteiger partial charge on any atom is -0.494 e. The van der Waals surface area contributed by atoms with Gasteiger partial charge in [-0.15, -0.1) is 0 Å². The number of anilines is 1. The number of methoxy groups -OCH3 is 1. The van der Waals surface area contributed by atoms with Gasteiger partial charge in [-0.1, -0.05) is 6.42 Å². The molecule has 0 aromatic heterocycles. The Morgan fingerprint density at radius 3 is 2.60 bits per heavy atom. The van der Waals surface area contributed by atoms with E-state index >= 15 is 0 Å². The molecule has 0 radical (unpaired) electrons. The Balaban J connectivity index is 2.04. The summed E-state index contributed by atoms with van der Waals surface area (Å²) in [5.74, 6) is 1.91. The van der Waals surface area contributed by atoms with Gasteiger partial charge in [0.25, 0.3) is 0 Å². The second-order valence-corrected chi connectivity index (χ2v) is 6.45. The third-order valence-electron chi connectivity index (χ3n) is 4.66. The Hall–Kier alpha value is -1.95. The number of nitrogens with zero attached hydrogens (tertiary/aromatic N) is 1. The molecule has 0 atom stereocenters. The topological polar surface area (TPSA) is 78.1 Å². The molecule has 1 saturated carbocycles. The van der Waals surface area contributed by atoms with Gasteiger partial charge in [0.05, 0.1) is 18.9 Å². The second-order valence-electron chi connectivity index (χ2n) is 6.45. The molecule has 1 aliphatic rings. The highest BCUT2D eigenvalue weighted by molar-refractivity contribution is 5.94. The molecule has 0 unspecified atom stereocenters. The summed E-state index contributed by atoms with van der Waals surface area (Å²) < 4.78 is 16.4. The first-order valence-electron chi connectivity index (χ1n) is 9.08. The van der Waals surface area contributed by atoms with Crippen molar-refractivity contribution >= 4 is 11.6 Å². The van der Waals surface area contributed by atoms with E-state index < -0.39 is 0 Å². The summed E-state index contributed by atoms with van der Waals surface area (Å²) in [7, 11) is 1.74. The van der Waals surface area contributed by atoms with Crippen molar-refractivity contribution in [2.24, 2.45) is 16.1 Å². The zero-order valence-electron chi connectivity index (χ0n) is 15.6. The largest absolute Gasteiger partial charge is 0.494 e. The molecule has 1 fully saturated rings. The van der Waals surface area contributed by atoms with E-state index in [4.69, 9.17) is 19.9 Å². The van der Waals surface area contributed by atoms with E-state index in [2.05, 4.69) is 10.3 Å². The quantitative estimate of drug-likeness (QED) is 0.500. The fraction of sp³-hybridized carbons (Fsp3) is 0.632. The van der Waals surface area contributed by atoms with E-state index in [0.29, 0.717) is 19.2 Å². The van der Waals surface area contributed by atoms with Crippen LogP contribution >= 0.6 is 0 Å². The highest BCUT2D eigenvalue weighted by Gasteiger charge is 2.36. The first-order valence-corrected chi connectivity index (χ1v) is 9.08. The van der Waals surface area contributed by atoms with Crippen molar-refractivity contribution in [1.82, 2.24) is 0 Å². The average Bonchev–Trinajstić information content (AvgIpc) is 2.56. The van der Waals surface area contributed by atoms with Crippen LogP contribution in [0.25, 0.3) is 0 Å². The summed E-state index contributed by atoms with van der Waals surface area (Å²) >= 11 is 0. The standard InChI is InChI=1S/C19H31N3O3/c1-4-24-15-7-8-17(25-5-2)16(13-15)22-18(20)21-14-19(9-6-10-19)11-12-23-3/h7-8,13H,4-6,9-12,14H2,1-3H3,(H3,20,21,22). The summed E-state index contributed by atoms with van der Waals surface area (Å²) in [6.45, 7) is 6.60. The Labute approximate surface area is 150 Å². The van der Waals surface area contributed by atoms with Gasteiger partial charge in [-0.2, -0.15) is 0 Å². The highest BCUT2D eigenvalue weighted by Crippen LogP contribution is 2.44. The molecular formula is C19H31N3O3. The summed E-state index contributed by atoms with van der Waals surface area (Å²) in [6, 6.07) is 5.66. The van der Waals surface area contributed by atoms with Crippen LogP contribution in [-0.4, -0.2) is 39.4 Å². The van der Waals surface area contributed by atoms with Crippen LogP contribution in [0.5, 0.6) is 11.5 Å². The van der Waals surface area contributed by atoms with Crippen molar-refractivity contribution in [3.8, 4) is 11.5 Å². The van der Waals surface area contributed by atoms with Crippen molar-refractivity contribution < 1.29 is 14.2 Å². The van der Waals surface area contributed by atoms with Crippen molar-refractivity contribution in [2.75, 3.05) is 38.8 Å². The third-order valence-corrected chi connectivity index (χ3v) is 4.66. The van der Waals surface area contributed by atoms with E-state index in [1.807, 2.05) is 32.0 Å². The van der Waals surface area contributed by atoms with Crippen LogP contribution < -0.4 is 20.5 Å². The maximum absolute atomic E-state index is 6.12. The van der Waals surface area contributed by atoms with Gasteiger partial charge in [-0.3, -0.25) is 4.99 Å². The minimum atomic E-state index is 0.248. The zero-order chi connectivity index (χ0) is 18.1. The molecule has 140 valence electrons. The number of guanidine groups is 1. The van der Waals surface area contributed by atoms with Crippen molar-refractivity contribution in [1.29, 1.82) is 0 Å². The lowest BCUT2D eigenvalue weighted by Crippen LogP contribution is -2.35. The molecule has 6 nitrogen and oxygen atoms in total. The van der Waals surface area contributed by atoms with Gasteiger partial charge < -0.3 is 25.3 Å². The molecule has 1 aromatic rings. The van der Waals surface area contributed by atoms with Crippen LogP contribution in [0.2, 0.25) is 0 Å². The molecule has 1 aliphatic carbocycles. The van der Waals surface area contributed by atoms with Gasteiger partial charge in [0.2, 0.25) is 0 Å². The number of hydrogen-bond acceptors (Lipinski definition) is 4. The molecule has 0 aliphatic heterocycles. The second kappa shape index (κ2) is 9.51. The van der Waals surface area contributed by atoms with Crippen LogP contribution in [0.1, 0.15) is 39.5 Å². The Morgan fingerprint density at radius 2 is 2.00 bits per heavy atom. The van der Waals surface area contributed by atoms with Crippen LogP contribution in [0.3, 0.4) is 0 Å². The van der Waals surface area contributed by atoms with E-state index in [1.54, 1.807) is 7.11 Å². The van der Waals surface area contributed by atoms with E-state index in [1.165, 1.54) is 19.3 Å². The molecule has 6 heteroatoms. The lowest BCUT2D eigenvalue weighted by Gasteiger charge is -2.40. The van der Waals surface area contributed by atoms with Crippen LogP contribution in [0.4, 0.5) is 5.69 Å². The molecule has 0 spiro atoms. The molecule has 1 aromatic carbocycles. The number of rotatable bonds is 10. The first-order chi connectivity index (χ1) is 12.1. The smallest absolute Gasteiger partial charge is 0.193 e. The molecule has 0 bridgehead atoms. The summed E-state index contributed by atoms with van der Waals surface area (Å²) in [4.78, 5) is 4.57. The van der Waals surface area contributed by atoms with Crippen molar-refractivity contribution in [2.45, 2.75) is 39.5 Å². The van der Waals surface area contributed by atoms with E-state index in [9.17, 15) is 0 Å². The SMILES string of the molecule is CCOc1ccc(OCC)c(NC(N)=NCC2(CCOC)CCC2)c1. The predicted molar refractivity (Wildman–Crippen MR) is 102 cm³/mol. The average molecular weight is 349 g/mol. The van der Waals surface area contributed by atoms with Gasteiger partial charge in [0.15, 0.2) is 5.96 Å². The number of benzene rings is 1. The number of nitrogens with two attached hydrogens (primary N) is 1. The fourth-order valence-electron chi connectivity index (χ4n) is 3.06.